The molecule has 0 unspecified atom stereocenters. The maximum Gasteiger partial charge on any atom is 2.00 e. The first-order valence-electron chi connectivity index (χ1n) is 17.8. The molecule has 9 heteroatoms. The van der Waals surface area contributed by atoms with Crippen molar-refractivity contribution in [1.29, 1.82) is 0 Å². The van der Waals surface area contributed by atoms with Gasteiger partial charge in [-0.3, -0.25) is 0 Å². The second-order valence-electron chi connectivity index (χ2n) is 13.5. The molecular formula is C46H24N8Zn. The first-order chi connectivity index (χ1) is 26.7. The van der Waals surface area contributed by atoms with Gasteiger partial charge in [0.15, 0.2) is 0 Å². The molecule has 8 bridgehead atoms. The number of fused-ring (bicyclic) bond motifs is 22. The van der Waals surface area contributed by atoms with Crippen LogP contribution in [-0.4, -0.2) is 29.9 Å². The molecule has 5 heterocycles. The van der Waals surface area contributed by atoms with E-state index in [1.54, 1.807) is 0 Å². The molecule has 3 aromatic heterocycles. The van der Waals surface area contributed by atoms with Crippen LogP contribution >= 0.6 is 0 Å². The quantitative estimate of drug-likeness (QED) is 0.121. The van der Waals surface area contributed by atoms with Crippen LogP contribution in [0.3, 0.4) is 0 Å². The van der Waals surface area contributed by atoms with Crippen molar-refractivity contribution in [3.63, 3.8) is 0 Å². The number of rotatable bonds is 1. The van der Waals surface area contributed by atoms with Crippen LogP contribution in [0.15, 0.2) is 146 Å². The summed E-state index contributed by atoms with van der Waals surface area (Å²) in [4.78, 5) is 40.9. The topological polar surface area (TPSA) is 106 Å². The molecule has 8 nitrogen and oxygen atoms in total. The molecule has 0 saturated heterocycles. The first-order valence-corrected chi connectivity index (χ1v) is 17.8. The number of aromatic nitrogens is 8. The van der Waals surface area contributed by atoms with Crippen molar-refractivity contribution in [3.8, 4) is 56.7 Å². The number of nitrogens with zero attached hydrogens (tertiary/aromatic N) is 8. The zero-order valence-electron chi connectivity index (χ0n) is 29.1. The van der Waals surface area contributed by atoms with Gasteiger partial charge in [0.25, 0.3) is 0 Å². The molecule has 0 spiro atoms. The van der Waals surface area contributed by atoms with Gasteiger partial charge in [0.1, 0.15) is 0 Å². The van der Waals surface area contributed by atoms with Gasteiger partial charge in [0, 0.05) is 50.2 Å². The fourth-order valence-corrected chi connectivity index (χ4v) is 8.07. The van der Waals surface area contributed by atoms with Crippen LogP contribution in [0.4, 0.5) is 0 Å². The number of benzene rings is 7. The van der Waals surface area contributed by atoms with Crippen molar-refractivity contribution in [2.75, 3.05) is 0 Å². The van der Waals surface area contributed by atoms with E-state index in [2.05, 4.69) is 72.8 Å². The largest absolute Gasteiger partial charge is 2.00 e. The Kier molecular flexibility index (Phi) is 6.90. The molecule has 0 amide bonds. The van der Waals surface area contributed by atoms with E-state index in [9.17, 15) is 0 Å². The van der Waals surface area contributed by atoms with Crippen LogP contribution in [0.5, 0.6) is 0 Å². The first kappa shape index (κ1) is 31.6. The van der Waals surface area contributed by atoms with Crippen molar-refractivity contribution in [2.45, 2.75) is 0 Å². The summed E-state index contributed by atoms with van der Waals surface area (Å²) >= 11 is 0. The molecule has 7 aromatic carbocycles. The Hall–Kier alpha value is -6.96. The Morgan fingerprint density at radius 1 is 0.309 bits per heavy atom. The van der Waals surface area contributed by atoms with Gasteiger partial charge < -0.3 is 29.9 Å². The molecule has 55 heavy (non-hydrogen) atoms. The minimum atomic E-state index is 0. The van der Waals surface area contributed by atoms with Gasteiger partial charge in [-0.25, -0.2) is 9.97 Å². The van der Waals surface area contributed by atoms with Crippen molar-refractivity contribution in [3.05, 3.63) is 146 Å². The molecule has 0 radical (unpaired) electrons. The molecule has 2 aliphatic rings. The molecule has 0 fully saturated rings. The molecule has 0 saturated carbocycles. The van der Waals surface area contributed by atoms with E-state index in [0.29, 0.717) is 45.9 Å². The second-order valence-corrected chi connectivity index (χ2v) is 13.5. The van der Waals surface area contributed by atoms with E-state index in [0.717, 1.165) is 76.5 Å². The van der Waals surface area contributed by atoms with Crippen molar-refractivity contribution in [2.24, 2.45) is 0 Å². The van der Waals surface area contributed by atoms with Crippen molar-refractivity contribution in [1.82, 2.24) is 39.9 Å². The van der Waals surface area contributed by atoms with E-state index in [-0.39, 0.29) is 19.5 Å². The minimum absolute atomic E-state index is 0. The Bertz CT molecular complexity index is 3360. The SMILES string of the molecule is [Zn+2].c1ccc2c(c1)-c1nc-2nc2[n-]c(nc3nc(nc4[n-]c(n1)c1ccccc41)-c1ccccc1-3)c1c(-c3c4ccccc4cc4ccccc34)cccc21. The van der Waals surface area contributed by atoms with Gasteiger partial charge in [-0.1, -0.05) is 140 Å². The average molecular weight is 754 g/mol. The van der Waals surface area contributed by atoms with Gasteiger partial charge >= 0.3 is 19.5 Å². The Balaban J connectivity index is 0.00000352. The molecule has 2 aliphatic heterocycles. The van der Waals surface area contributed by atoms with Crippen molar-refractivity contribution >= 4 is 65.7 Å². The third-order valence-electron chi connectivity index (χ3n) is 10.5. The van der Waals surface area contributed by atoms with Gasteiger partial charge in [0.05, 0.1) is 23.3 Å². The fraction of sp³-hybridized carbons (Fsp3) is 0. The van der Waals surface area contributed by atoms with Crippen LogP contribution in [0.2, 0.25) is 0 Å². The van der Waals surface area contributed by atoms with E-state index in [1.165, 1.54) is 0 Å². The minimum Gasteiger partial charge on any atom is -0.357 e. The molecule has 0 atom stereocenters. The summed E-state index contributed by atoms with van der Waals surface area (Å²) in [7, 11) is 0. The van der Waals surface area contributed by atoms with Gasteiger partial charge in [-0.2, -0.15) is 0 Å². The van der Waals surface area contributed by atoms with E-state index in [4.69, 9.17) is 39.9 Å². The smallest absolute Gasteiger partial charge is 0.357 e. The summed E-state index contributed by atoms with van der Waals surface area (Å²) in [5.41, 5.74) is 7.77. The average Bonchev–Trinajstić information content (AvgIpc) is 3.96. The summed E-state index contributed by atoms with van der Waals surface area (Å²) in [5, 5.41) is 8.13. The summed E-state index contributed by atoms with van der Waals surface area (Å²) < 4.78 is 0. The zero-order valence-corrected chi connectivity index (χ0v) is 32.1. The van der Waals surface area contributed by atoms with Crippen LogP contribution in [0, 0.1) is 0 Å². The van der Waals surface area contributed by atoms with E-state index < -0.39 is 0 Å². The third kappa shape index (κ3) is 4.73. The molecule has 250 valence electrons. The standard InChI is InChI=1S/C46H24N8.Zn/c1-3-14-27-25(12-1)24-26-13-2-4-15-28(26)37(27)35-22-11-23-36-38(35)46-53-44-34-21-10-9-20-33(34)42(51-44)49-40-30-17-6-5-16-29(30)39(47-40)48-41-31-18-7-8-19-32(31)43(50-41)52-45(36)54-46;/h1-24H;/q-2;+2. The maximum absolute atomic E-state index is 5.30. The van der Waals surface area contributed by atoms with Crippen LogP contribution in [-0.2, 0) is 19.5 Å². The van der Waals surface area contributed by atoms with E-state index >= 15 is 0 Å². The predicted octanol–water partition coefficient (Wildman–Crippen LogP) is 10.1. The monoisotopic (exact) mass is 752 g/mol. The summed E-state index contributed by atoms with van der Waals surface area (Å²) in [5.74, 6) is 2.13. The number of hydrogen-bond donors (Lipinski definition) is 0. The molecule has 10 aromatic rings. The molecular weight excluding hydrogens is 730 g/mol. The number of hydrogen-bond acceptors (Lipinski definition) is 6. The summed E-state index contributed by atoms with van der Waals surface area (Å²) in [6.07, 6.45) is 0. The predicted molar refractivity (Wildman–Crippen MR) is 214 cm³/mol. The van der Waals surface area contributed by atoms with Gasteiger partial charge in [0.2, 0.25) is 0 Å². The van der Waals surface area contributed by atoms with Gasteiger partial charge in [-0.15, -0.1) is 0 Å². The molecule has 12 rings (SSSR count). The zero-order chi connectivity index (χ0) is 35.3. The van der Waals surface area contributed by atoms with E-state index in [1.807, 2.05) is 72.8 Å². The summed E-state index contributed by atoms with van der Waals surface area (Å²) in [6, 6.07) is 49.7. The summed E-state index contributed by atoms with van der Waals surface area (Å²) in [6.45, 7) is 0. The third-order valence-corrected chi connectivity index (χ3v) is 10.5. The van der Waals surface area contributed by atoms with Crippen molar-refractivity contribution < 1.29 is 19.5 Å². The Morgan fingerprint density at radius 2 is 0.673 bits per heavy atom. The van der Waals surface area contributed by atoms with Crippen LogP contribution in [0.25, 0.3) is 122 Å². The van der Waals surface area contributed by atoms with Crippen LogP contribution in [0.1, 0.15) is 0 Å². The second kappa shape index (κ2) is 12.0. The Labute approximate surface area is 325 Å². The van der Waals surface area contributed by atoms with Crippen LogP contribution < -0.4 is 9.97 Å². The normalized spacial score (nSPS) is 11.9. The molecule has 0 aliphatic carbocycles. The maximum atomic E-state index is 5.30. The fourth-order valence-electron chi connectivity index (χ4n) is 8.07. The van der Waals surface area contributed by atoms with Gasteiger partial charge in [-0.05, 0) is 54.9 Å². The molecule has 0 N–H and O–H groups in total. The Morgan fingerprint density at radius 3 is 1.18 bits per heavy atom.